The number of carbonyl (C=O) groups is 1. The molecule has 0 saturated carbocycles. The summed E-state index contributed by atoms with van der Waals surface area (Å²) >= 11 is 4.59. The lowest BCUT2D eigenvalue weighted by Crippen LogP contribution is -2.15. The van der Waals surface area contributed by atoms with Crippen LogP contribution in [0.15, 0.2) is 46.0 Å². The minimum absolute atomic E-state index is 0.105. The second-order valence-electron chi connectivity index (χ2n) is 5.78. The van der Waals surface area contributed by atoms with Crippen LogP contribution in [0.2, 0.25) is 0 Å². The summed E-state index contributed by atoms with van der Waals surface area (Å²) in [6, 6.07) is 11.0. The van der Waals surface area contributed by atoms with Gasteiger partial charge in [0, 0.05) is 10.2 Å². The first-order valence-electron chi connectivity index (χ1n) is 7.83. The predicted molar refractivity (Wildman–Crippen MR) is 106 cm³/mol. The maximum atomic E-state index is 12.2. The van der Waals surface area contributed by atoms with E-state index in [9.17, 15) is 9.90 Å². The first kappa shape index (κ1) is 18.5. The molecule has 0 atom stereocenters. The molecule has 8 heteroatoms. The molecule has 0 unspecified atom stereocenters. The lowest BCUT2D eigenvalue weighted by molar-refractivity contribution is -0.113. The highest BCUT2D eigenvalue weighted by Crippen LogP contribution is 2.30. The number of phenolic OH excluding ortho intramolecular Hbond substituents is 1. The Bertz CT molecular complexity index is 958. The number of carbonyl (C=O) groups excluding carboxylic acids is 1. The highest BCUT2D eigenvalue weighted by atomic mass is 79.9. The third kappa shape index (κ3) is 4.44. The molecule has 134 valence electrons. The number of halogens is 1. The highest BCUT2D eigenvalue weighted by molar-refractivity contribution is 9.10. The van der Waals surface area contributed by atoms with E-state index in [0.29, 0.717) is 16.5 Å². The van der Waals surface area contributed by atoms with Crippen LogP contribution in [0.5, 0.6) is 5.75 Å². The van der Waals surface area contributed by atoms with E-state index in [1.165, 1.54) is 11.8 Å². The van der Waals surface area contributed by atoms with E-state index in [1.807, 2.05) is 32.0 Å². The largest absolute Gasteiger partial charge is 0.507 e. The number of benzene rings is 2. The number of nitrogens with one attached hydrogen (secondary N) is 2. The molecule has 0 radical (unpaired) electrons. The fourth-order valence-corrected chi connectivity index (χ4v) is 3.28. The normalized spacial score (nSPS) is 10.7. The second kappa shape index (κ2) is 7.92. The number of aryl methyl sites for hydroxylation is 2. The molecule has 0 spiro atoms. The van der Waals surface area contributed by atoms with E-state index in [4.69, 9.17) is 0 Å². The molecule has 2 aromatic carbocycles. The van der Waals surface area contributed by atoms with Crippen molar-refractivity contribution >= 4 is 39.3 Å². The van der Waals surface area contributed by atoms with Crippen molar-refractivity contribution in [3.05, 3.63) is 52.0 Å². The fourth-order valence-electron chi connectivity index (χ4n) is 2.32. The van der Waals surface area contributed by atoms with Gasteiger partial charge in [-0.1, -0.05) is 39.8 Å². The van der Waals surface area contributed by atoms with Gasteiger partial charge >= 0.3 is 0 Å². The number of aromatic amines is 1. The molecule has 1 amide bonds. The van der Waals surface area contributed by atoms with Crippen LogP contribution in [0.1, 0.15) is 11.1 Å². The van der Waals surface area contributed by atoms with E-state index in [0.717, 1.165) is 21.3 Å². The van der Waals surface area contributed by atoms with Crippen molar-refractivity contribution in [1.82, 2.24) is 15.2 Å². The number of rotatable bonds is 5. The van der Waals surface area contributed by atoms with Crippen molar-refractivity contribution in [2.24, 2.45) is 0 Å². The summed E-state index contributed by atoms with van der Waals surface area (Å²) in [4.78, 5) is 16.5. The van der Waals surface area contributed by atoms with Crippen molar-refractivity contribution in [3.8, 4) is 17.1 Å². The zero-order valence-corrected chi connectivity index (χ0v) is 16.6. The lowest BCUT2D eigenvalue weighted by Gasteiger charge is -2.08. The van der Waals surface area contributed by atoms with Crippen LogP contribution in [0.4, 0.5) is 5.69 Å². The number of thioether (sulfide) groups is 1. The summed E-state index contributed by atoms with van der Waals surface area (Å²) in [6.45, 7) is 3.94. The van der Waals surface area contributed by atoms with Crippen molar-refractivity contribution in [2.45, 2.75) is 19.0 Å². The zero-order valence-electron chi connectivity index (χ0n) is 14.2. The Labute approximate surface area is 163 Å². The number of anilines is 1. The average Bonchev–Trinajstić information content (AvgIpc) is 3.07. The molecule has 0 saturated heterocycles. The molecule has 0 aliphatic rings. The van der Waals surface area contributed by atoms with Gasteiger partial charge in [-0.3, -0.25) is 9.89 Å². The highest BCUT2D eigenvalue weighted by Gasteiger charge is 2.13. The van der Waals surface area contributed by atoms with E-state index >= 15 is 0 Å². The zero-order chi connectivity index (χ0) is 18.7. The van der Waals surface area contributed by atoms with Crippen molar-refractivity contribution in [3.63, 3.8) is 0 Å². The van der Waals surface area contributed by atoms with Gasteiger partial charge in [-0.25, -0.2) is 4.98 Å². The SMILES string of the molecule is Cc1ccc(C)c(NC(=O)CSc2n[nH]c(-c3cc(Br)ccc3O)n2)c1. The van der Waals surface area contributed by atoms with Gasteiger partial charge in [-0.05, 0) is 49.2 Å². The number of aromatic nitrogens is 3. The monoisotopic (exact) mass is 432 g/mol. The molecule has 3 aromatic rings. The smallest absolute Gasteiger partial charge is 0.234 e. The number of phenols is 1. The van der Waals surface area contributed by atoms with E-state index in [-0.39, 0.29) is 17.4 Å². The molecule has 3 N–H and O–H groups in total. The lowest BCUT2D eigenvalue weighted by atomic mass is 10.1. The first-order valence-corrected chi connectivity index (χ1v) is 9.61. The van der Waals surface area contributed by atoms with Crippen molar-refractivity contribution < 1.29 is 9.90 Å². The van der Waals surface area contributed by atoms with Crippen molar-refractivity contribution in [2.75, 3.05) is 11.1 Å². The van der Waals surface area contributed by atoms with Gasteiger partial charge in [0.15, 0.2) is 5.82 Å². The Morgan fingerprint density at radius 2 is 2.08 bits per heavy atom. The molecule has 3 rings (SSSR count). The summed E-state index contributed by atoms with van der Waals surface area (Å²) in [5.74, 6) is 0.616. The molecule has 1 aromatic heterocycles. The first-order chi connectivity index (χ1) is 12.4. The van der Waals surface area contributed by atoms with Crippen LogP contribution in [-0.2, 0) is 4.79 Å². The number of H-pyrrole nitrogens is 1. The molecule has 26 heavy (non-hydrogen) atoms. The predicted octanol–water partition coefficient (Wildman–Crippen LogP) is 4.29. The summed E-state index contributed by atoms with van der Waals surface area (Å²) in [5, 5.41) is 20.2. The van der Waals surface area contributed by atoms with Gasteiger partial charge in [0.25, 0.3) is 0 Å². The van der Waals surface area contributed by atoms with Crippen molar-refractivity contribution in [1.29, 1.82) is 0 Å². The molecule has 0 fully saturated rings. The molecular weight excluding hydrogens is 416 g/mol. The number of hydrogen-bond acceptors (Lipinski definition) is 5. The minimum Gasteiger partial charge on any atom is -0.507 e. The Morgan fingerprint density at radius 1 is 1.27 bits per heavy atom. The second-order valence-corrected chi connectivity index (χ2v) is 7.64. The Morgan fingerprint density at radius 3 is 2.88 bits per heavy atom. The van der Waals surface area contributed by atoms with Gasteiger partial charge in [-0.15, -0.1) is 5.10 Å². The molecular formula is C18H17BrN4O2S. The Balaban J connectivity index is 1.64. The molecule has 0 aliphatic heterocycles. The van der Waals surface area contributed by atoms with E-state index < -0.39 is 0 Å². The van der Waals surface area contributed by atoms with Gasteiger partial charge in [0.1, 0.15) is 5.75 Å². The summed E-state index contributed by atoms with van der Waals surface area (Å²) in [5.41, 5.74) is 3.45. The van der Waals surface area contributed by atoms with E-state index in [1.54, 1.807) is 18.2 Å². The number of hydrogen-bond donors (Lipinski definition) is 3. The van der Waals surface area contributed by atoms with Crippen LogP contribution in [0, 0.1) is 13.8 Å². The Hall–Kier alpha value is -2.32. The quantitative estimate of drug-likeness (QED) is 0.523. The fraction of sp³-hybridized carbons (Fsp3) is 0.167. The summed E-state index contributed by atoms with van der Waals surface area (Å²) in [7, 11) is 0. The maximum absolute atomic E-state index is 12.2. The molecule has 0 bridgehead atoms. The number of nitrogens with zero attached hydrogens (tertiary/aromatic N) is 2. The Kier molecular flexibility index (Phi) is 5.63. The maximum Gasteiger partial charge on any atom is 0.234 e. The summed E-state index contributed by atoms with van der Waals surface area (Å²) < 4.78 is 0.823. The van der Waals surface area contributed by atoms with Crippen LogP contribution < -0.4 is 5.32 Å². The topological polar surface area (TPSA) is 90.9 Å². The van der Waals surface area contributed by atoms with Gasteiger partial charge in [0.05, 0.1) is 11.3 Å². The van der Waals surface area contributed by atoms with Gasteiger partial charge in [-0.2, -0.15) is 0 Å². The van der Waals surface area contributed by atoms with Gasteiger partial charge in [0.2, 0.25) is 11.1 Å². The van der Waals surface area contributed by atoms with Crippen LogP contribution in [-0.4, -0.2) is 31.9 Å². The third-order valence-corrected chi connectivity index (χ3v) is 5.02. The van der Waals surface area contributed by atoms with Crippen LogP contribution in [0.3, 0.4) is 0 Å². The molecule has 6 nitrogen and oxygen atoms in total. The van der Waals surface area contributed by atoms with Gasteiger partial charge < -0.3 is 10.4 Å². The van der Waals surface area contributed by atoms with Crippen LogP contribution in [0.25, 0.3) is 11.4 Å². The third-order valence-electron chi connectivity index (χ3n) is 3.68. The summed E-state index contributed by atoms with van der Waals surface area (Å²) in [6.07, 6.45) is 0. The average molecular weight is 433 g/mol. The van der Waals surface area contributed by atoms with E-state index in [2.05, 4.69) is 36.4 Å². The molecule has 0 aliphatic carbocycles. The van der Waals surface area contributed by atoms with Crippen LogP contribution >= 0.6 is 27.7 Å². The number of aromatic hydroxyl groups is 1. The minimum atomic E-state index is -0.125. The molecule has 1 heterocycles. The standard InChI is InChI=1S/C18H17BrN4O2S/c1-10-3-4-11(2)14(7-10)20-16(25)9-26-18-21-17(22-23-18)13-8-12(19)5-6-15(13)24/h3-8,24H,9H2,1-2H3,(H,20,25)(H,21,22,23). The number of amides is 1.